The van der Waals surface area contributed by atoms with Gasteiger partial charge in [0.25, 0.3) is 5.91 Å². The molecule has 0 saturated carbocycles. The molecule has 78 valence electrons. The van der Waals surface area contributed by atoms with Crippen molar-refractivity contribution < 1.29 is 4.79 Å². The summed E-state index contributed by atoms with van der Waals surface area (Å²) in [5.74, 6) is -0.0331. The van der Waals surface area contributed by atoms with E-state index in [-0.39, 0.29) is 18.3 Å². The topological polar surface area (TPSA) is 32.3 Å². The van der Waals surface area contributed by atoms with Gasteiger partial charge in [-0.15, -0.1) is 12.4 Å². The van der Waals surface area contributed by atoms with Crippen LogP contribution in [0, 0.1) is 0 Å². The maximum Gasteiger partial charge on any atom is 0.252 e. The van der Waals surface area contributed by atoms with Crippen molar-refractivity contribution in [3.8, 4) is 0 Å². The molecule has 3 nitrogen and oxygen atoms in total. The molecule has 1 N–H and O–H groups in total. The zero-order chi connectivity index (χ0) is 9.68. The van der Waals surface area contributed by atoms with Crippen molar-refractivity contribution in [1.82, 2.24) is 10.2 Å². The number of hydrogen-bond acceptors (Lipinski definition) is 2. The monoisotopic (exact) mass is 214 g/mol. The summed E-state index contributed by atoms with van der Waals surface area (Å²) in [7, 11) is 3.82. The Hall–Kier alpha value is -1.06. The minimum Gasteiger partial charge on any atom is -0.339 e. The number of nitrogens with zero attached hydrogens (tertiary/aromatic N) is 1. The molecule has 0 aliphatic rings. The Balaban J connectivity index is 0.00000169. The van der Waals surface area contributed by atoms with Crippen molar-refractivity contribution in [2.45, 2.75) is 0 Å². The molecule has 0 aromatic heterocycles. The van der Waals surface area contributed by atoms with E-state index in [1.54, 1.807) is 12.1 Å². The number of amides is 1. The van der Waals surface area contributed by atoms with Crippen LogP contribution in [0.3, 0.4) is 0 Å². The first-order valence-electron chi connectivity index (χ1n) is 4.18. The third-order valence-corrected chi connectivity index (χ3v) is 1.59. The van der Waals surface area contributed by atoms with Crippen molar-refractivity contribution in [2.75, 3.05) is 20.8 Å². The molecule has 4 heteroatoms. The van der Waals surface area contributed by atoms with Gasteiger partial charge in [0.15, 0.2) is 0 Å². The second-order valence-electron chi connectivity index (χ2n) is 3.11. The fraction of sp³-hybridized carbons (Fsp3) is 0.300. The van der Waals surface area contributed by atoms with Gasteiger partial charge >= 0.3 is 0 Å². The van der Waals surface area contributed by atoms with Crippen molar-refractivity contribution >= 4 is 18.3 Å². The SMILES string of the molecule is CN(C)CNC(=O)c1ccccc1.Cl. The lowest BCUT2D eigenvalue weighted by Gasteiger charge is -2.10. The van der Waals surface area contributed by atoms with Crippen LogP contribution < -0.4 is 5.32 Å². The van der Waals surface area contributed by atoms with Gasteiger partial charge in [-0.05, 0) is 26.2 Å². The van der Waals surface area contributed by atoms with Crippen LogP contribution in [0.4, 0.5) is 0 Å². The second-order valence-corrected chi connectivity index (χ2v) is 3.11. The Bertz CT molecular complexity index is 275. The predicted octanol–water partition coefficient (Wildman–Crippen LogP) is 1.36. The normalized spacial score (nSPS) is 9.36. The molecule has 0 spiro atoms. The standard InChI is InChI=1S/C10H14N2O.ClH/c1-12(2)8-11-10(13)9-6-4-3-5-7-9;/h3-7H,8H2,1-2H3,(H,11,13);1H. The number of rotatable bonds is 3. The molecule has 1 amide bonds. The van der Waals surface area contributed by atoms with Gasteiger partial charge < -0.3 is 5.32 Å². The minimum atomic E-state index is -0.0331. The van der Waals surface area contributed by atoms with Crippen LogP contribution in [0.15, 0.2) is 30.3 Å². The molecule has 1 aromatic carbocycles. The van der Waals surface area contributed by atoms with Gasteiger partial charge in [-0.2, -0.15) is 0 Å². The number of carbonyl (C=O) groups excluding carboxylic acids is 1. The molecule has 0 atom stereocenters. The molecule has 0 unspecified atom stereocenters. The van der Waals surface area contributed by atoms with Gasteiger partial charge in [0.2, 0.25) is 0 Å². The van der Waals surface area contributed by atoms with Gasteiger partial charge in [-0.3, -0.25) is 9.69 Å². The number of carbonyl (C=O) groups is 1. The summed E-state index contributed by atoms with van der Waals surface area (Å²) < 4.78 is 0. The van der Waals surface area contributed by atoms with Crippen molar-refractivity contribution in [2.24, 2.45) is 0 Å². The quantitative estimate of drug-likeness (QED) is 0.771. The largest absolute Gasteiger partial charge is 0.339 e. The van der Waals surface area contributed by atoms with Crippen LogP contribution in [0.5, 0.6) is 0 Å². The zero-order valence-corrected chi connectivity index (χ0v) is 9.17. The van der Waals surface area contributed by atoms with Gasteiger partial charge in [0, 0.05) is 5.56 Å². The molecular formula is C10H15ClN2O. The van der Waals surface area contributed by atoms with Gasteiger partial charge in [0.1, 0.15) is 0 Å². The predicted molar refractivity (Wildman–Crippen MR) is 59.7 cm³/mol. The highest BCUT2D eigenvalue weighted by Crippen LogP contribution is 1.97. The first kappa shape index (κ1) is 12.9. The van der Waals surface area contributed by atoms with Gasteiger partial charge in [-0.25, -0.2) is 0 Å². The van der Waals surface area contributed by atoms with Gasteiger partial charge in [0.05, 0.1) is 6.67 Å². The molecule has 0 aliphatic heterocycles. The van der Waals surface area contributed by atoms with E-state index in [0.29, 0.717) is 12.2 Å². The Kier molecular flexibility index (Phi) is 5.92. The van der Waals surface area contributed by atoms with Crippen molar-refractivity contribution in [3.05, 3.63) is 35.9 Å². The first-order chi connectivity index (χ1) is 6.20. The molecular weight excluding hydrogens is 200 g/mol. The van der Waals surface area contributed by atoms with Crippen molar-refractivity contribution in [3.63, 3.8) is 0 Å². The summed E-state index contributed by atoms with van der Waals surface area (Å²) in [6, 6.07) is 9.19. The van der Waals surface area contributed by atoms with Crippen molar-refractivity contribution in [1.29, 1.82) is 0 Å². The Morgan fingerprint density at radius 1 is 1.29 bits per heavy atom. The van der Waals surface area contributed by atoms with E-state index in [9.17, 15) is 4.79 Å². The molecule has 0 aliphatic carbocycles. The van der Waals surface area contributed by atoms with E-state index >= 15 is 0 Å². The van der Waals surface area contributed by atoms with E-state index in [1.807, 2.05) is 37.2 Å². The molecule has 1 aromatic rings. The molecule has 1 rings (SSSR count). The Morgan fingerprint density at radius 2 is 1.86 bits per heavy atom. The third kappa shape index (κ3) is 4.25. The van der Waals surface area contributed by atoms with Crippen LogP contribution in [0.2, 0.25) is 0 Å². The van der Waals surface area contributed by atoms with Crippen LogP contribution in [0.25, 0.3) is 0 Å². The van der Waals surface area contributed by atoms with E-state index < -0.39 is 0 Å². The summed E-state index contributed by atoms with van der Waals surface area (Å²) in [6.07, 6.45) is 0. The molecule has 14 heavy (non-hydrogen) atoms. The number of halogens is 1. The Morgan fingerprint density at radius 3 is 2.36 bits per heavy atom. The molecule has 0 saturated heterocycles. The minimum absolute atomic E-state index is 0. The van der Waals surface area contributed by atoms with E-state index in [2.05, 4.69) is 5.32 Å². The first-order valence-corrected chi connectivity index (χ1v) is 4.18. The van der Waals surface area contributed by atoms with E-state index in [1.165, 1.54) is 0 Å². The molecule has 0 fully saturated rings. The summed E-state index contributed by atoms with van der Waals surface area (Å²) in [5, 5.41) is 2.79. The molecule has 0 bridgehead atoms. The van der Waals surface area contributed by atoms with Crippen LogP contribution in [-0.2, 0) is 0 Å². The second kappa shape index (κ2) is 6.40. The van der Waals surface area contributed by atoms with Crippen LogP contribution >= 0.6 is 12.4 Å². The highest BCUT2D eigenvalue weighted by Gasteiger charge is 2.02. The lowest BCUT2D eigenvalue weighted by atomic mass is 10.2. The van der Waals surface area contributed by atoms with Crippen LogP contribution in [0.1, 0.15) is 10.4 Å². The summed E-state index contributed by atoms with van der Waals surface area (Å²) >= 11 is 0. The lowest BCUT2D eigenvalue weighted by Crippen LogP contribution is -2.32. The summed E-state index contributed by atoms with van der Waals surface area (Å²) in [4.78, 5) is 13.3. The maximum absolute atomic E-state index is 11.4. The fourth-order valence-electron chi connectivity index (χ4n) is 0.922. The average molecular weight is 215 g/mol. The number of hydrogen-bond donors (Lipinski definition) is 1. The van der Waals surface area contributed by atoms with E-state index in [0.717, 1.165) is 0 Å². The molecule has 0 heterocycles. The highest BCUT2D eigenvalue weighted by atomic mass is 35.5. The zero-order valence-electron chi connectivity index (χ0n) is 8.36. The van der Waals surface area contributed by atoms with E-state index in [4.69, 9.17) is 0 Å². The summed E-state index contributed by atoms with van der Waals surface area (Å²) in [6.45, 7) is 0.563. The third-order valence-electron chi connectivity index (χ3n) is 1.59. The summed E-state index contributed by atoms with van der Waals surface area (Å²) in [5.41, 5.74) is 0.698. The molecule has 0 radical (unpaired) electrons. The highest BCUT2D eigenvalue weighted by molar-refractivity contribution is 5.94. The lowest BCUT2D eigenvalue weighted by molar-refractivity contribution is 0.0935. The number of nitrogens with one attached hydrogen (secondary N) is 1. The average Bonchev–Trinajstić information content (AvgIpc) is 2.15. The smallest absolute Gasteiger partial charge is 0.252 e. The number of benzene rings is 1. The van der Waals surface area contributed by atoms with Gasteiger partial charge in [-0.1, -0.05) is 18.2 Å². The van der Waals surface area contributed by atoms with Crippen LogP contribution in [-0.4, -0.2) is 31.6 Å². The maximum atomic E-state index is 11.4. The fourth-order valence-corrected chi connectivity index (χ4v) is 0.922. The Labute approximate surface area is 90.5 Å².